The zero-order valence-corrected chi connectivity index (χ0v) is 20.7. The molecule has 0 aromatic heterocycles. The van der Waals surface area contributed by atoms with Crippen molar-refractivity contribution in [3.8, 4) is 0 Å². The third-order valence-electron chi connectivity index (χ3n) is 5.21. The van der Waals surface area contributed by atoms with E-state index < -0.39 is 29.5 Å². The van der Waals surface area contributed by atoms with Gasteiger partial charge in [0.2, 0.25) is 0 Å². The smallest absolute Gasteiger partial charge is 0.338 e. The van der Waals surface area contributed by atoms with Gasteiger partial charge >= 0.3 is 5.97 Å². The van der Waals surface area contributed by atoms with Gasteiger partial charge in [-0.15, -0.1) is 0 Å². The Kier molecular flexibility index (Phi) is 7.56. The standard InChI is InChI=1S/C26H18Cl2FN3O5/c1-2-37-26(36)15-6-4-8-18(12-15)32-24(34)21(28)22(25(32)35)30-16-7-3-5-14(11-16)23(33)31-17-9-10-20(29)19(27)13-17/h3-13,30H,2H2,1H3,(H,31,33). The van der Waals surface area contributed by atoms with Crippen LogP contribution in [0, 0.1) is 5.82 Å². The summed E-state index contributed by atoms with van der Waals surface area (Å²) in [5.74, 6) is -3.26. The second-order valence-corrected chi connectivity index (χ2v) is 8.48. The Morgan fingerprint density at radius 1 is 0.919 bits per heavy atom. The van der Waals surface area contributed by atoms with Gasteiger partial charge in [-0.3, -0.25) is 14.4 Å². The van der Waals surface area contributed by atoms with Gasteiger partial charge < -0.3 is 15.4 Å². The van der Waals surface area contributed by atoms with Crippen molar-refractivity contribution in [3.63, 3.8) is 0 Å². The van der Waals surface area contributed by atoms with Crippen LogP contribution in [-0.4, -0.2) is 30.3 Å². The van der Waals surface area contributed by atoms with Gasteiger partial charge in [0.05, 0.1) is 22.9 Å². The molecule has 1 aliphatic rings. The topological polar surface area (TPSA) is 105 Å². The van der Waals surface area contributed by atoms with E-state index in [9.17, 15) is 23.6 Å². The van der Waals surface area contributed by atoms with Crippen molar-refractivity contribution in [2.24, 2.45) is 0 Å². The minimum absolute atomic E-state index is 0.140. The third-order valence-corrected chi connectivity index (χ3v) is 5.85. The van der Waals surface area contributed by atoms with Crippen LogP contribution in [0.3, 0.4) is 0 Å². The predicted octanol–water partition coefficient (Wildman–Crippen LogP) is 5.34. The van der Waals surface area contributed by atoms with E-state index in [4.69, 9.17) is 27.9 Å². The Balaban J connectivity index is 1.53. The number of anilines is 3. The first kappa shape index (κ1) is 25.9. The monoisotopic (exact) mass is 541 g/mol. The molecule has 0 radical (unpaired) electrons. The van der Waals surface area contributed by atoms with Crippen molar-refractivity contribution < 1.29 is 28.3 Å². The predicted molar refractivity (Wildman–Crippen MR) is 137 cm³/mol. The minimum Gasteiger partial charge on any atom is -0.462 e. The molecule has 0 unspecified atom stereocenters. The second-order valence-electron chi connectivity index (χ2n) is 7.69. The van der Waals surface area contributed by atoms with Crippen LogP contribution < -0.4 is 15.5 Å². The highest BCUT2D eigenvalue weighted by Gasteiger charge is 2.39. The molecule has 3 aromatic rings. The van der Waals surface area contributed by atoms with E-state index in [-0.39, 0.29) is 44.9 Å². The summed E-state index contributed by atoms with van der Waals surface area (Å²) in [6, 6.07) is 15.7. The first-order chi connectivity index (χ1) is 17.7. The van der Waals surface area contributed by atoms with Crippen molar-refractivity contribution in [1.29, 1.82) is 0 Å². The molecular formula is C26H18Cl2FN3O5. The fourth-order valence-corrected chi connectivity index (χ4v) is 3.89. The van der Waals surface area contributed by atoms with Crippen molar-refractivity contribution in [1.82, 2.24) is 0 Å². The molecule has 1 aliphatic heterocycles. The lowest BCUT2D eigenvalue weighted by Gasteiger charge is -2.16. The second kappa shape index (κ2) is 10.8. The number of nitrogens with one attached hydrogen (secondary N) is 2. The summed E-state index contributed by atoms with van der Waals surface area (Å²) in [6.07, 6.45) is 0. The highest BCUT2D eigenvalue weighted by atomic mass is 35.5. The molecule has 0 aliphatic carbocycles. The van der Waals surface area contributed by atoms with E-state index in [1.807, 2.05) is 0 Å². The number of amides is 3. The van der Waals surface area contributed by atoms with Crippen LogP contribution in [-0.2, 0) is 14.3 Å². The highest BCUT2D eigenvalue weighted by Crippen LogP contribution is 2.31. The summed E-state index contributed by atoms with van der Waals surface area (Å²) in [4.78, 5) is 51.5. The lowest BCUT2D eigenvalue weighted by atomic mass is 10.1. The van der Waals surface area contributed by atoms with Crippen LogP contribution in [0.2, 0.25) is 5.02 Å². The number of esters is 1. The Bertz CT molecular complexity index is 1470. The van der Waals surface area contributed by atoms with Crippen LogP contribution in [0.1, 0.15) is 27.6 Å². The molecule has 4 rings (SSSR count). The summed E-state index contributed by atoms with van der Waals surface area (Å²) >= 11 is 12.0. The van der Waals surface area contributed by atoms with Gasteiger partial charge in [-0.05, 0) is 61.5 Å². The molecule has 0 saturated carbocycles. The van der Waals surface area contributed by atoms with Gasteiger partial charge in [0.1, 0.15) is 16.5 Å². The van der Waals surface area contributed by atoms with Gasteiger partial charge in [-0.2, -0.15) is 0 Å². The molecule has 0 atom stereocenters. The number of halogens is 3. The summed E-state index contributed by atoms with van der Waals surface area (Å²) in [5, 5.41) is 4.90. The maximum Gasteiger partial charge on any atom is 0.338 e. The van der Waals surface area contributed by atoms with Gasteiger partial charge in [-0.1, -0.05) is 35.3 Å². The zero-order chi connectivity index (χ0) is 26.7. The molecule has 2 N–H and O–H groups in total. The van der Waals surface area contributed by atoms with Gasteiger partial charge in [-0.25, -0.2) is 14.1 Å². The van der Waals surface area contributed by atoms with E-state index in [2.05, 4.69) is 10.6 Å². The van der Waals surface area contributed by atoms with E-state index in [1.54, 1.807) is 19.1 Å². The average Bonchev–Trinajstić information content (AvgIpc) is 3.09. The third kappa shape index (κ3) is 5.47. The maximum atomic E-state index is 13.4. The number of carbonyl (C=O) groups is 4. The molecule has 37 heavy (non-hydrogen) atoms. The highest BCUT2D eigenvalue weighted by molar-refractivity contribution is 6.53. The van der Waals surface area contributed by atoms with E-state index in [0.29, 0.717) is 5.69 Å². The summed E-state index contributed by atoms with van der Waals surface area (Å²) < 4.78 is 18.3. The van der Waals surface area contributed by atoms with Crippen LogP contribution in [0.15, 0.2) is 77.5 Å². The number of ether oxygens (including phenoxy) is 1. The molecule has 0 fully saturated rings. The van der Waals surface area contributed by atoms with Crippen molar-refractivity contribution in [2.75, 3.05) is 22.1 Å². The fourth-order valence-electron chi connectivity index (χ4n) is 3.49. The molecule has 1 heterocycles. The lowest BCUT2D eigenvalue weighted by molar-refractivity contribution is -0.120. The Hall–Kier alpha value is -4.21. The quantitative estimate of drug-likeness (QED) is 0.309. The lowest BCUT2D eigenvalue weighted by Crippen LogP contribution is -2.32. The SMILES string of the molecule is CCOC(=O)c1cccc(N2C(=O)C(Cl)=C(Nc3cccc(C(=O)Nc4ccc(F)c(Cl)c4)c3)C2=O)c1. The molecule has 3 aromatic carbocycles. The number of benzene rings is 3. The van der Waals surface area contributed by atoms with Crippen LogP contribution >= 0.6 is 23.2 Å². The number of carbonyl (C=O) groups excluding carboxylic acids is 4. The molecule has 11 heteroatoms. The van der Waals surface area contributed by atoms with E-state index in [0.717, 1.165) is 11.0 Å². The van der Waals surface area contributed by atoms with Crippen LogP contribution in [0.5, 0.6) is 0 Å². The number of nitrogens with zero attached hydrogens (tertiary/aromatic N) is 1. The molecule has 0 spiro atoms. The maximum absolute atomic E-state index is 13.4. The van der Waals surface area contributed by atoms with Crippen molar-refractivity contribution in [2.45, 2.75) is 6.92 Å². The van der Waals surface area contributed by atoms with Gasteiger partial charge in [0, 0.05) is 16.9 Å². The van der Waals surface area contributed by atoms with Gasteiger partial charge in [0.15, 0.2) is 0 Å². The molecular weight excluding hydrogens is 524 g/mol. The first-order valence-electron chi connectivity index (χ1n) is 10.9. The Labute approximate surface area is 220 Å². The number of hydrogen-bond acceptors (Lipinski definition) is 6. The van der Waals surface area contributed by atoms with Crippen LogP contribution in [0.4, 0.5) is 21.5 Å². The number of rotatable bonds is 7. The Morgan fingerprint density at radius 3 is 2.38 bits per heavy atom. The fraction of sp³-hybridized carbons (Fsp3) is 0.0769. The molecule has 188 valence electrons. The van der Waals surface area contributed by atoms with Crippen molar-refractivity contribution >= 4 is 64.0 Å². The van der Waals surface area contributed by atoms with E-state index >= 15 is 0 Å². The number of imide groups is 1. The number of hydrogen-bond donors (Lipinski definition) is 2. The van der Waals surface area contributed by atoms with Crippen molar-refractivity contribution in [3.05, 3.63) is 99.4 Å². The largest absolute Gasteiger partial charge is 0.462 e. The normalized spacial score (nSPS) is 13.1. The van der Waals surface area contributed by atoms with Gasteiger partial charge in [0.25, 0.3) is 17.7 Å². The zero-order valence-electron chi connectivity index (χ0n) is 19.2. The van der Waals surface area contributed by atoms with Crippen LogP contribution in [0.25, 0.3) is 0 Å². The minimum atomic E-state index is -0.780. The Morgan fingerprint density at radius 2 is 1.65 bits per heavy atom. The molecule has 0 saturated heterocycles. The molecule has 0 bridgehead atoms. The molecule has 3 amide bonds. The first-order valence-corrected chi connectivity index (χ1v) is 11.6. The summed E-state index contributed by atoms with van der Waals surface area (Å²) in [5.41, 5.74) is 0.910. The summed E-state index contributed by atoms with van der Waals surface area (Å²) in [6.45, 7) is 1.83. The molecule has 8 nitrogen and oxygen atoms in total. The summed E-state index contributed by atoms with van der Waals surface area (Å²) in [7, 11) is 0. The van der Waals surface area contributed by atoms with E-state index in [1.165, 1.54) is 48.5 Å². The average molecular weight is 542 g/mol.